The van der Waals surface area contributed by atoms with Gasteiger partial charge in [0.15, 0.2) is 0 Å². The highest BCUT2D eigenvalue weighted by Gasteiger charge is 2.26. The molecule has 1 unspecified atom stereocenters. The molecule has 0 aromatic carbocycles. The summed E-state index contributed by atoms with van der Waals surface area (Å²) in [6.45, 7) is 4.27. The molecule has 0 saturated carbocycles. The number of likely N-dealkylation sites (tertiary alicyclic amines) is 1. The Morgan fingerprint density at radius 1 is 1.31 bits per heavy atom. The number of rotatable bonds is 4. The molecule has 4 rings (SSSR count). The van der Waals surface area contributed by atoms with Crippen LogP contribution in [-0.2, 0) is 6.54 Å². The Balaban J connectivity index is 1.60. The maximum atomic E-state index is 13.6. The lowest BCUT2D eigenvalue weighted by Gasteiger charge is -2.32. The van der Waals surface area contributed by atoms with Crippen LogP contribution in [0.15, 0.2) is 35.1 Å². The third-order valence-corrected chi connectivity index (χ3v) is 4.98. The van der Waals surface area contributed by atoms with E-state index < -0.39 is 6.43 Å². The summed E-state index contributed by atoms with van der Waals surface area (Å²) < 4.78 is 32.3. The Morgan fingerprint density at radius 2 is 2.12 bits per heavy atom. The van der Waals surface area contributed by atoms with Crippen LogP contribution in [0.1, 0.15) is 47.7 Å². The van der Waals surface area contributed by atoms with Gasteiger partial charge in [-0.05, 0) is 50.1 Å². The molecule has 1 fully saturated rings. The maximum absolute atomic E-state index is 13.6. The van der Waals surface area contributed by atoms with Crippen LogP contribution in [0, 0.1) is 6.92 Å². The van der Waals surface area contributed by atoms with Gasteiger partial charge in [0.05, 0.1) is 11.1 Å². The molecular weight excluding hydrogens is 338 g/mol. The zero-order valence-corrected chi connectivity index (χ0v) is 14.5. The molecule has 3 aromatic rings. The Hall–Kier alpha value is -2.41. The van der Waals surface area contributed by atoms with E-state index in [1.54, 1.807) is 19.3 Å². The van der Waals surface area contributed by atoms with Gasteiger partial charge in [-0.1, -0.05) is 5.16 Å². The average molecular weight is 358 g/mol. The van der Waals surface area contributed by atoms with Gasteiger partial charge >= 0.3 is 0 Å². The predicted octanol–water partition coefficient (Wildman–Crippen LogP) is 4.24. The third-order valence-electron chi connectivity index (χ3n) is 4.98. The summed E-state index contributed by atoms with van der Waals surface area (Å²) in [5.74, 6) is 0.109. The SMILES string of the molecule is Cc1noc2nc(C3CCCN(Cc4ccncc4)C3)cc(C(F)F)c12. The zero-order valence-electron chi connectivity index (χ0n) is 14.5. The van der Waals surface area contributed by atoms with E-state index in [0.29, 0.717) is 16.8 Å². The number of halogens is 2. The maximum Gasteiger partial charge on any atom is 0.264 e. The van der Waals surface area contributed by atoms with E-state index in [9.17, 15) is 8.78 Å². The highest BCUT2D eigenvalue weighted by molar-refractivity contribution is 5.80. The number of aryl methyl sites for hydroxylation is 1. The van der Waals surface area contributed by atoms with Crippen LogP contribution >= 0.6 is 0 Å². The first-order chi connectivity index (χ1) is 12.6. The number of hydrogen-bond acceptors (Lipinski definition) is 5. The smallest absolute Gasteiger partial charge is 0.264 e. The molecule has 0 N–H and O–H groups in total. The highest BCUT2D eigenvalue weighted by Crippen LogP contribution is 2.34. The first-order valence-electron chi connectivity index (χ1n) is 8.78. The fourth-order valence-corrected chi connectivity index (χ4v) is 3.72. The Morgan fingerprint density at radius 3 is 2.88 bits per heavy atom. The normalized spacial score (nSPS) is 18.7. The standard InChI is InChI=1S/C19H20F2N4O/c1-12-17-15(18(20)21)9-16(23-19(17)26-24-12)14-3-2-8-25(11-14)10-13-4-6-22-7-5-13/h4-7,9,14,18H,2-3,8,10-11H2,1H3. The van der Waals surface area contributed by atoms with Crippen molar-refractivity contribution in [1.29, 1.82) is 0 Å². The summed E-state index contributed by atoms with van der Waals surface area (Å²) >= 11 is 0. The van der Waals surface area contributed by atoms with Crippen molar-refractivity contribution in [3.05, 3.63) is 53.1 Å². The van der Waals surface area contributed by atoms with E-state index in [1.807, 2.05) is 12.1 Å². The summed E-state index contributed by atoms with van der Waals surface area (Å²) in [6, 6.07) is 5.54. The number of pyridine rings is 2. The van der Waals surface area contributed by atoms with E-state index in [2.05, 4.69) is 20.0 Å². The summed E-state index contributed by atoms with van der Waals surface area (Å²) in [6.07, 6.45) is 2.94. The molecule has 4 heterocycles. The molecule has 7 heteroatoms. The molecule has 1 aliphatic rings. The lowest BCUT2D eigenvalue weighted by atomic mass is 9.92. The zero-order chi connectivity index (χ0) is 18.1. The monoisotopic (exact) mass is 358 g/mol. The summed E-state index contributed by atoms with van der Waals surface area (Å²) in [4.78, 5) is 10.9. The van der Waals surface area contributed by atoms with Crippen molar-refractivity contribution in [3.63, 3.8) is 0 Å². The molecule has 0 spiro atoms. The number of aromatic nitrogens is 3. The Bertz CT molecular complexity index is 897. The van der Waals surface area contributed by atoms with Gasteiger partial charge in [0, 0.05) is 42.7 Å². The molecule has 5 nitrogen and oxygen atoms in total. The second-order valence-electron chi connectivity index (χ2n) is 6.81. The van der Waals surface area contributed by atoms with Crippen LogP contribution in [0.2, 0.25) is 0 Å². The molecule has 0 aliphatic carbocycles. The van der Waals surface area contributed by atoms with Gasteiger partial charge < -0.3 is 4.52 Å². The minimum absolute atomic E-state index is 0.0324. The van der Waals surface area contributed by atoms with Crippen molar-refractivity contribution in [3.8, 4) is 0 Å². The largest absolute Gasteiger partial charge is 0.336 e. The molecule has 0 amide bonds. The third kappa shape index (κ3) is 3.31. The minimum Gasteiger partial charge on any atom is -0.336 e. The van der Waals surface area contributed by atoms with E-state index in [1.165, 1.54) is 11.6 Å². The summed E-state index contributed by atoms with van der Waals surface area (Å²) in [5.41, 5.74) is 2.50. The quantitative estimate of drug-likeness (QED) is 0.698. The number of fused-ring (bicyclic) bond motifs is 1. The molecule has 0 radical (unpaired) electrons. The molecule has 3 aromatic heterocycles. The molecule has 26 heavy (non-hydrogen) atoms. The first kappa shape index (κ1) is 17.0. The van der Waals surface area contributed by atoms with Crippen molar-refractivity contribution < 1.29 is 13.3 Å². The Labute approximate surface area is 150 Å². The van der Waals surface area contributed by atoms with Crippen LogP contribution in [0.3, 0.4) is 0 Å². The number of piperidine rings is 1. The predicted molar refractivity (Wildman–Crippen MR) is 93.0 cm³/mol. The second kappa shape index (κ2) is 7.07. The molecule has 1 aliphatic heterocycles. The summed E-state index contributed by atoms with van der Waals surface area (Å²) in [7, 11) is 0. The van der Waals surface area contributed by atoms with Gasteiger partial charge in [-0.2, -0.15) is 0 Å². The molecule has 1 saturated heterocycles. The van der Waals surface area contributed by atoms with E-state index in [4.69, 9.17) is 4.52 Å². The fraction of sp³-hybridized carbons (Fsp3) is 0.421. The number of hydrogen-bond donors (Lipinski definition) is 0. The van der Waals surface area contributed by atoms with Crippen molar-refractivity contribution in [2.24, 2.45) is 0 Å². The van der Waals surface area contributed by atoms with Crippen molar-refractivity contribution in [2.75, 3.05) is 13.1 Å². The fourth-order valence-electron chi connectivity index (χ4n) is 3.72. The first-order valence-corrected chi connectivity index (χ1v) is 8.78. The number of nitrogens with zero attached hydrogens (tertiary/aromatic N) is 4. The lowest BCUT2D eigenvalue weighted by Crippen LogP contribution is -2.34. The summed E-state index contributed by atoms with van der Waals surface area (Å²) in [5, 5.41) is 4.15. The van der Waals surface area contributed by atoms with Crippen molar-refractivity contribution in [1.82, 2.24) is 20.0 Å². The minimum atomic E-state index is -2.58. The van der Waals surface area contributed by atoms with Crippen LogP contribution in [-0.4, -0.2) is 33.1 Å². The van der Waals surface area contributed by atoms with Gasteiger partial charge in [-0.3, -0.25) is 9.88 Å². The van der Waals surface area contributed by atoms with Crippen LogP contribution in [0.5, 0.6) is 0 Å². The molecule has 0 bridgehead atoms. The molecule has 1 atom stereocenters. The highest BCUT2D eigenvalue weighted by atomic mass is 19.3. The van der Waals surface area contributed by atoms with E-state index in [-0.39, 0.29) is 17.2 Å². The van der Waals surface area contributed by atoms with Crippen molar-refractivity contribution in [2.45, 2.75) is 38.7 Å². The van der Waals surface area contributed by atoms with E-state index >= 15 is 0 Å². The van der Waals surface area contributed by atoms with Gasteiger partial charge in [0.25, 0.3) is 12.1 Å². The van der Waals surface area contributed by atoms with Crippen molar-refractivity contribution >= 4 is 11.1 Å². The molecule has 136 valence electrons. The van der Waals surface area contributed by atoms with Gasteiger partial charge in [-0.15, -0.1) is 0 Å². The Kier molecular flexibility index (Phi) is 4.63. The van der Waals surface area contributed by atoms with Gasteiger partial charge in [0.1, 0.15) is 0 Å². The topological polar surface area (TPSA) is 55.1 Å². The second-order valence-corrected chi connectivity index (χ2v) is 6.81. The lowest BCUT2D eigenvalue weighted by molar-refractivity contribution is 0.152. The number of alkyl halides is 2. The molecular formula is C19H20F2N4O. The average Bonchev–Trinajstić information content (AvgIpc) is 3.03. The van der Waals surface area contributed by atoms with Gasteiger partial charge in [0.2, 0.25) is 0 Å². The van der Waals surface area contributed by atoms with E-state index in [0.717, 1.165) is 32.5 Å². The van der Waals surface area contributed by atoms with Crippen LogP contribution in [0.4, 0.5) is 8.78 Å². The van der Waals surface area contributed by atoms with Crippen LogP contribution < -0.4 is 0 Å². The van der Waals surface area contributed by atoms with Gasteiger partial charge in [-0.25, -0.2) is 13.8 Å². The van der Waals surface area contributed by atoms with Crippen LogP contribution in [0.25, 0.3) is 11.1 Å².